The summed E-state index contributed by atoms with van der Waals surface area (Å²) in [4.78, 5) is 0. The minimum Gasteiger partial charge on any atom is -0.376 e. The molecule has 2 N–H and O–H groups in total. The number of rotatable bonds is 13. The summed E-state index contributed by atoms with van der Waals surface area (Å²) < 4.78 is 26.1. The molecule has 0 radical (unpaired) electrons. The molecule has 1 fully saturated rings. The summed E-state index contributed by atoms with van der Waals surface area (Å²) in [5.74, 6) is 0.0553. The van der Waals surface area contributed by atoms with E-state index in [0.717, 1.165) is 28.7 Å². The Hall–Kier alpha value is -3.32. The Morgan fingerprint density at radius 3 is 1.30 bits per heavy atom. The average molecular weight is 538 g/mol. The fourth-order valence-corrected chi connectivity index (χ4v) is 5.32. The van der Waals surface area contributed by atoms with Gasteiger partial charge in [-0.3, -0.25) is 0 Å². The van der Waals surface area contributed by atoms with E-state index in [1.165, 1.54) is 0 Å². The van der Waals surface area contributed by atoms with Crippen LogP contribution in [0.25, 0.3) is 0 Å². The Kier molecular flexibility index (Phi) is 10.5. The van der Waals surface area contributed by atoms with Crippen LogP contribution in [0.1, 0.15) is 28.7 Å². The highest BCUT2D eigenvalue weighted by Crippen LogP contribution is 2.33. The maximum Gasteiger partial charge on any atom is 0.112 e. The zero-order chi connectivity index (χ0) is 27.4. The maximum atomic E-state index is 6.83. The van der Waals surface area contributed by atoms with Gasteiger partial charge in [0.15, 0.2) is 0 Å². The van der Waals surface area contributed by atoms with E-state index >= 15 is 0 Å². The smallest absolute Gasteiger partial charge is 0.112 e. The average Bonchev–Trinajstić information content (AvgIpc) is 3.01. The van der Waals surface area contributed by atoms with Crippen molar-refractivity contribution >= 4 is 0 Å². The van der Waals surface area contributed by atoms with Crippen LogP contribution in [-0.2, 0) is 45.4 Å². The first-order valence-electron chi connectivity index (χ1n) is 14.1. The number of benzene rings is 4. The molecule has 1 aliphatic carbocycles. The van der Waals surface area contributed by atoms with Gasteiger partial charge in [-0.1, -0.05) is 121 Å². The van der Waals surface area contributed by atoms with E-state index in [1.807, 2.05) is 72.8 Å². The van der Waals surface area contributed by atoms with Gasteiger partial charge in [-0.15, -0.1) is 0 Å². The fraction of sp³-hybridized carbons (Fsp3) is 0.314. The van der Waals surface area contributed by atoms with Crippen molar-refractivity contribution in [3.05, 3.63) is 144 Å². The molecule has 0 aromatic heterocycles. The summed E-state index contributed by atoms with van der Waals surface area (Å²) in [7, 11) is 0. The first-order chi connectivity index (χ1) is 19.8. The second-order valence-corrected chi connectivity index (χ2v) is 10.4. The molecule has 4 aromatic carbocycles. The van der Waals surface area contributed by atoms with Crippen molar-refractivity contribution in [3.8, 4) is 0 Å². The molecule has 0 amide bonds. The minimum absolute atomic E-state index is 0.0553. The summed E-state index contributed by atoms with van der Waals surface area (Å²) in [6.45, 7) is 2.46. The van der Waals surface area contributed by atoms with Gasteiger partial charge in [-0.2, -0.15) is 0 Å². The molecule has 40 heavy (non-hydrogen) atoms. The molecule has 5 atom stereocenters. The van der Waals surface area contributed by atoms with Gasteiger partial charge in [0, 0.05) is 12.0 Å². The fourth-order valence-electron chi connectivity index (χ4n) is 5.32. The number of hydrogen-bond acceptors (Lipinski definition) is 5. The van der Waals surface area contributed by atoms with Crippen LogP contribution in [0.3, 0.4) is 0 Å². The van der Waals surface area contributed by atoms with Crippen LogP contribution >= 0.6 is 0 Å². The van der Waals surface area contributed by atoms with Crippen molar-refractivity contribution in [2.75, 3.05) is 6.61 Å². The first kappa shape index (κ1) is 28.2. The monoisotopic (exact) mass is 537 g/mol. The molecule has 5 heteroatoms. The molecule has 0 saturated heterocycles. The van der Waals surface area contributed by atoms with Gasteiger partial charge in [0.2, 0.25) is 0 Å². The van der Waals surface area contributed by atoms with E-state index < -0.39 is 0 Å². The first-order valence-corrected chi connectivity index (χ1v) is 14.1. The number of hydrogen-bond donors (Lipinski definition) is 1. The molecule has 5 rings (SSSR count). The van der Waals surface area contributed by atoms with Crippen LogP contribution in [0.2, 0.25) is 0 Å². The normalized spacial score (nSPS) is 22.7. The van der Waals surface area contributed by atoms with Crippen LogP contribution in [0.4, 0.5) is 0 Å². The summed E-state index contributed by atoms with van der Waals surface area (Å²) in [6, 6.07) is 40.7. The largest absolute Gasteiger partial charge is 0.376 e. The van der Waals surface area contributed by atoms with Gasteiger partial charge in [-0.25, -0.2) is 0 Å². The molecule has 0 unspecified atom stereocenters. The molecule has 1 aliphatic rings. The van der Waals surface area contributed by atoms with Gasteiger partial charge in [0.05, 0.1) is 39.1 Å². The van der Waals surface area contributed by atoms with Gasteiger partial charge >= 0.3 is 0 Å². The third-order valence-electron chi connectivity index (χ3n) is 7.41. The van der Waals surface area contributed by atoms with Gasteiger partial charge in [0.1, 0.15) is 12.2 Å². The topological polar surface area (TPSA) is 62.9 Å². The predicted molar refractivity (Wildman–Crippen MR) is 157 cm³/mol. The zero-order valence-electron chi connectivity index (χ0n) is 22.9. The van der Waals surface area contributed by atoms with Crippen molar-refractivity contribution in [1.29, 1.82) is 0 Å². The van der Waals surface area contributed by atoms with Crippen LogP contribution < -0.4 is 5.73 Å². The van der Waals surface area contributed by atoms with Crippen molar-refractivity contribution in [2.24, 2.45) is 11.7 Å². The van der Waals surface area contributed by atoms with Crippen molar-refractivity contribution in [2.45, 2.75) is 57.2 Å². The second kappa shape index (κ2) is 14.9. The lowest BCUT2D eigenvalue weighted by Crippen LogP contribution is -2.60. The SMILES string of the molecule is N[C@@H]1C[C@H](COCc2ccccc2)[C@@H](OCc2ccccc2)[C@H](OCc2ccccc2)[C@H]1OCc1ccccc1. The van der Waals surface area contributed by atoms with Crippen LogP contribution in [0.5, 0.6) is 0 Å². The quantitative estimate of drug-likeness (QED) is 0.217. The highest BCUT2D eigenvalue weighted by atomic mass is 16.6. The standard InChI is InChI=1S/C35H39NO4/c36-32-21-31(26-37-22-27-13-5-1-6-14-27)33(38-23-28-15-7-2-8-16-28)35(40-25-30-19-11-4-12-20-30)34(32)39-24-29-17-9-3-10-18-29/h1-20,31-35H,21-26,36H2/t31-,32-,33-,34+,35+/m1/s1. The maximum absolute atomic E-state index is 6.83. The third-order valence-corrected chi connectivity index (χ3v) is 7.41. The molecule has 208 valence electrons. The molecule has 0 spiro atoms. The number of ether oxygens (including phenoxy) is 4. The zero-order valence-corrected chi connectivity index (χ0v) is 22.9. The molecule has 1 saturated carbocycles. The van der Waals surface area contributed by atoms with E-state index in [-0.39, 0.29) is 30.3 Å². The Labute approximate surface area is 237 Å². The predicted octanol–water partition coefficient (Wildman–Crippen LogP) is 6.31. The summed E-state index contributed by atoms with van der Waals surface area (Å²) in [5, 5.41) is 0. The third kappa shape index (κ3) is 8.10. The molecular weight excluding hydrogens is 498 g/mol. The highest BCUT2D eigenvalue weighted by Gasteiger charge is 2.46. The van der Waals surface area contributed by atoms with Crippen LogP contribution in [0, 0.1) is 5.92 Å². The summed E-state index contributed by atoms with van der Waals surface area (Å²) in [5.41, 5.74) is 11.3. The van der Waals surface area contributed by atoms with Crippen molar-refractivity contribution in [1.82, 2.24) is 0 Å². The van der Waals surface area contributed by atoms with E-state index in [1.54, 1.807) is 0 Å². The van der Waals surface area contributed by atoms with Crippen molar-refractivity contribution < 1.29 is 18.9 Å². The van der Waals surface area contributed by atoms with E-state index in [4.69, 9.17) is 24.7 Å². The highest BCUT2D eigenvalue weighted by molar-refractivity contribution is 5.16. The van der Waals surface area contributed by atoms with Gasteiger partial charge in [0.25, 0.3) is 0 Å². The van der Waals surface area contributed by atoms with Crippen LogP contribution in [-0.4, -0.2) is 31.0 Å². The van der Waals surface area contributed by atoms with Gasteiger partial charge in [-0.05, 0) is 28.7 Å². The number of nitrogens with two attached hydrogens (primary N) is 1. The minimum atomic E-state index is -0.360. The second-order valence-electron chi connectivity index (χ2n) is 10.4. The molecular formula is C35H39NO4. The van der Waals surface area contributed by atoms with E-state index in [0.29, 0.717) is 33.0 Å². The summed E-state index contributed by atoms with van der Waals surface area (Å²) in [6.07, 6.45) is -0.212. The Bertz CT molecular complexity index is 1240. The molecule has 4 aromatic rings. The van der Waals surface area contributed by atoms with E-state index in [9.17, 15) is 0 Å². The Balaban J connectivity index is 1.36. The molecule has 0 aliphatic heterocycles. The van der Waals surface area contributed by atoms with E-state index in [2.05, 4.69) is 48.5 Å². The molecule has 0 heterocycles. The van der Waals surface area contributed by atoms with Gasteiger partial charge < -0.3 is 24.7 Å². The lowest BCUT2D eigenvalue weighted by atomic mass is 9.79. The lowest BCUT2D eigenvalue weighted by molar-refractivity contribution is -0.199. The molecule has 5 nitrogen and oxygen atoms in total. The Morgan fingerprint density at radius 1 is 0.475 bits per heavy atom. The lowest BCUT2D eigenvalue weighted by Gasteiger charge is -2.45. The molecule has 0 bridgehead atoms. The Morgan fingerprint density at radius 2 is 0.850 bits per heavy atom. The van der Waals surface area contributed by atoms with Crippen molar-refractivity contribution in [3.63, 3.8) is 0 Å². The van der Waals surface area contributed by atoms with Crippen LogP contribution in [0.15, 0.2) is 121 Å². The summed E-state index contributed by atoms with van der Waals surface area (Å²) >= 11 is 0.